The summed E-state index contributed by atoms with van der Waals surface area (Å²) < 4.78 is 18.8. The van der Waals surface area contributed by atoms with Gasteiger partial charge in [0.15, 0.2) is 0 Å². The number of rotatable bonds is 3. The van der Waals surface area contributed by atoms with Gasteiger partial charge in [-0.1, -0.05) is 42.0 Å². The van der Waals surface area contributed by atoms with Gasteiger partial charge in [0.1, 0.15) is 17.4 Å². The molecule has 4 heteroatoms. The first-order chi connectivity index (χ1) is 11.1. The van der Waals surface area contributed by atoms with Crippen molar-refractivity contribution < 1.29 is 8.95 Å². The van der Waals surface area contributed by atoms with Crippen LogP contribution in [0.1, 0.15) is 29.7 Å². The van der Waals surface area contributed by atoms with Crippen molar-refractivity contribution in [2.24, 2.45) is 4.99 Å². The van der Waals surface area contributed by atoms with Gasteiger partial charge in [0.25, 0.3) is 0 Å². The van der Waals surface area contributed by atoms with Gasteiger partial charge in [0.2, 0.25) is 5.90 Å². The third kappa shape index (κ3) is 2.51. The number of fused-ring (bicyclic) bond motifs is 3. The second kappa shape index (κ2) is 5.60. The maximum atomic E-state index is 12.8. The van der Waals surface area contributed by atoms with Crippen LogP contribution in [0.25, 0.3) is 0 Å². The topological polar surface area (TPSA) is 38.7 Å². The Morgan fingerprint density at radius 2 is 1.91 bits per heavy atom. The first-order valence-corrected chi connectivity index (χ1v) is 9.14. The molecule has 2 aromatic rings. The van der Waals surface area contributed by atoms with E-state index in [2.05, 4.69) is 18.2 Å². The van der Waals surface area contributed by atoms with Crippen molar-refractivity contribution in [2.45, 2.75) is 42.6 Å². The fraction of sp³-hybridized carbons (Fsp3) is 0.316. The zero-order valence-electron chi connectivity index (χ0n) is 13.2. The molecule has 0 fully saturated rings. The molecule has 1 aliphatic heterocycles. The Balaban J connectivity index is 1.58. The van der Waals surface area contributed by atoms with E-state index < -0.39 is 10.8 Å². The molecule has 0 bridgehead atoms. The van der Waals surface area contributed by atoms with Crippen molar-refractivity contribution in [3.05, 3.63) is 65.2 Å². The van der Waals surface area contributed by atoms with Crippen LogP contribution in [0.4, 0.5) is 0 Å². The van der Waals surface area contributed by atoms with Crippen LogP contribution in [0.15, 0.2) is 58.4 Å². The summed E-state index contributed by atoms with van der Waals surface area (Å²) in [7, 11) is -1.15. The fourth-order valence-electron chi connectivity index (χ4n) is 3.29. The first kappa shape index (κ1) is 14.6. The normalized spacial score (nSPS) is 24.3. The molecule has 0 saturated heterocycles. The van der Waals surface area contributed by atoms with Gasteiger partial charge in [-0.3, -0.25) is 4.21 Å². The van der Waals surface area contributed by atoms with Gasteiger partial charge in [-0.05, 0) is 37.1 Å². The second-order valence-corrected chi connectivity index (χ2v) is 8.00. The van der Waals surface area contributed by atoms with E-state index in [4.69, 9.17) is 9.73 Å². The van der Waals surface area contributed by atoms with E-state index >= 15 is 0 Å². The highest BCUT2D eigenvalue weighted by Gasteiger charge is 2.41. The molecule has 0 saturated carbocycles. The molecule has 1 aliphatic carbocycles. The number of nitrogens with zero attached hydrogens (tertiary/aromatic N) is 1. The maximum absolute atomic E-state index is 12.8. The first-order valence-electron chi connectivity index (χ1n) is 7.93. The highest BCUT2D eigenvalue weighted by atomic mass is 32.2. The number of aliphatic imine (C=N–C) groups is 1. The van der Waals surface area contributed by atoms with E-state index in [1.807, 2.05) is 44.2 Å². The fourth-order valence-corrected chi connectivity index (χ4v) is 4.40. The van der Waals surface area contributed by atoms with Crippen LogP contribution in [0.2, 0.25) is 0 Å². The molecule has 118 valence electrons. The zero-order chi connectivity index (χ0) is 16.0. The van der Waals surface area contributed by atoms with Gasteiger partial charge in [-0.2, -0.15) is 0 Å². The van der Waals surface area contributed by atoms with Crippen LogP contribution in [0.3, 0.4) is 0 Å². The SMILES string of the molecule is Cc1ccc([S@](=O)C(C)C2=N[C@H]3c4ccccc4C[C@H]3O2)cc1. The standard InChI is InChI=1S/C19H19NO2S/c1-12-7-9-15(10-8-12)23(21)13(2)19-20-18-16-6-4-3-5-14(16)11-17(18)22-19/h3-10,13,17-18H,11H2,1-2H3/t13?,17-,18+,23-/m1/s1. The minimum atomic E-state index is -1.15. The molecular formula is C19H19NO2S. The molecule has 4 rings (SSSR count). The van der Waals surface area contributed by atoms with E-state index in [1.54, 1.807) is 0 Å². The lowest BCUT2D eigenvalue weighted by Gasteiger charge is -2.14. The summed E-state index contributed by atoms with van der Waals surface area (Å²) >= 11 is 0. The summed E-state index contributed by atoms with van der Waals surface area (Å²) in [6.07, 6.45) is 0.956. The van der Waals surface area contributed by atoms with Crippen LogP contribution in [0.5, 0.6) is 0 Å². The summed E-state index contributed by atoms with van der Waals surface area (Å²) in [5.41, 5.74) is 3.73. The minimum Gasteiger partial charge on any atom is -0.474 e. The van der Waals surface area contributed by atoms with Gasteiger partial charge in [-0.15, -0.1) is 0 Å². The predicted octanol–water partition coefficient (Wildman–Crippen LogP) is 3.59. The van der Waals surface area contributed by atoms with Gasteiger partial charge in [0, 0.05) is 11.3 Å². The van der Waals surface area contributed by atoms with Gasteiger partial charge >= 0.3 is 0 Å². The molecule has 2 aliphatic rings. The van der Waals surface area contributed by atoms with Crippen LogP contribution in [0, 0.1) is 6.92 Å². The molecule has 1 unspecified atom stereocenters. The van der Waals surface area contributed by atoms with Gasteiger partial charge < -0.3 is 4.74 Å². The highest BCUT2D eigenvalue weighted by molar-refractivity contribution is 7.86. The predicted molar refractivity (Wildman–Crippen MR) is 92.2 cm³/mol. The maximum Gasteiger partial charge on any atom is 0.200 e. The van der Waals surface area contributed by atoms with Crippen LogP contribution < -0.4 is 0 Å². The monoisotopic (exact) mass is 325 g/mol. The average molecular weight is 325 g/mol. The molecule has 0 spiro atoms. The zero-order valence-corrected chi connectivity index (χ0v) is 14.0. The third-order valence-electron chi connectivity index (χ3n) is 4.61. The number of hydrogen-bond acceptors (Lipinski definition) is 3. The molecular weight excluding hydrogens is 306 g/mol. The second-order valence-electron chi connectivity index (χ2n) is 6.22. The van der Waals surface area contributed by atoms with E-state index in [0.717, 1.165) is 11.3 Å². The van der Waals surface area contributed by atoms with Crippen LogP contribution >= 0.6 is 0 Å². The third-order valence-corrected chi connectivity index (χ3v) is 6.19. The van der Waals surface area contributed by atoms with Gasteiger partial charge in [-0.25, -0.2) is 4.99 Å². The van der Waals surface area contributed by atoms with E-state index in [0.29, 0.717) is 5.90 Å². The van der Waals surface area contributed by atoms with Crippen molar-refractivity contribution in [1.82, 2.24) is 0 Å². The summed E-state index contributed by atoms with van der Waals surface area (Å²) in [6, 6.07) is 16.3. The lowest BCUT2D eigenvalue weighted by Crippen LogP contribution is -2.25. The van der Waals surface area contributed by atoms with Crippen molar-refractivity contribution in [3.8, 4) is 0 Å². The molecule has 0 amide bonds. The summed E-state index contributed by atoms with van der Waals surface area (Å²) in [6.45, 7) is 3.96. The quantitative estimate of drug-likeness (QED) is 0.865. The Bertz CT molecular complexity index is 797. The molecule has 2 aromatic carbocycles. The Hall–Kier alpha value is -1.94. The van der Waals surface area contributed by atoms with E-state index in [-0.39, 0.29) is 17.4 Å². The van der Waals surface area contributed by atoms with Gasteiger partial charge in [0.05, 0.1) is 10.8 Å². The summed E-state index contributed by atoms with van der Waals surface area (Å²) in [5.74, 6) is 0.633. The van der Waals surface area contributed by atoms with Crippen molar-refractivity contribution in [1.29, 1.82) is 0 Å². The molecule has 0 N–H and O–H groups in total. The Morgan fingerprint density at radius 3 is 2.70 bits per heavy atom. The lowest BCUT2D eigenvalue weighted by atomic mass is 10.1. The lowest BCUT2D eigenvalue weighted by molar-refractivity contribution is 0.202. The summed E-state index contributed by atoms with van der Waals surface area (Å²) in [4.78, 5) is 5.58. The number of hydrogen-bond donors (Lipinski definition) is 0. The largest absolute Gasteiger partial charge is 0.474 e. The average Bonchev–Trinajstić information content (AvgIpc) is 3.12. The number of benzene rings is 2. The van der Waals surface area contributed by atoms with Crippen molar-refractivity contribution in [2.75, 3.05) is 0 Å². The van der Waals surface area contributed by atoms with Crippen molar-refractivity contribution >= 4 is 16.7 Å². The molecule has 0 radical (unpaired) electrons. The Kier molecular flexibility index (Phi) is 3.57. The molecule has 1 heterocycles. The molecule has 3 nitrogen and oxygen atoms in total. The minimum absolute atomic E-state index is 0.0682. The Labute approximate surface area is 138 Å². The Morgan fingerprint density at radius 1 is 1.17 bits per heavy atom. The molecule has 23 heavy (non-hydrogen) atoms. The number of aryl methyl sites for hydroxylation is 1. The summed E-state index contributed by atoms with van der Waals surface area (Å²) in [5, 5.41) is -0.226. The molecule has 0 aromatic heterocycles. The van der Waals surface area contributed by atoms with Crippen LogP contribution in [-0.2, 0) is 22.0 Å². The van der Waals surface area contributed by atoms with Crippen molar-refractivity contribution in [3.63, 3.8) is 0 Å². The molecule has 4 atom stereocenters. The smallest absolute Gasteiger partial charge is 0.200 e. The number of ether oxygens (including phenoxy) is 1. The highest BCUT2D eigenvalue weighted by Crippen LogP contribution is 2.40. The van der Waals surface area contributed by atoms with E-state index in [1.165, 1.54) is 16.7 Å². The van der Waals surface area contributed by atoms with E-state index in [9.17, 15) is 4.21 Å². The van der Waals surface area contributed by atoms with Crippen LogP contribution in [-0.4, -0.2) is 21.5 Å².